The van der Waals surface area contributed by atoms with Crippen LogP contribution in [0.1, 0.15) is 36.7 Å². The van der Waals surface area contributed by atoms with E-state index < -0.39 is 5.97 Å². The van der Waals surface area contributed by atoms with Crippen molar-refractivity contribution in [2.45, 2.75) is 40.2 Å². The third-order valence-electron chi connectivity index (χ3n) is 5.24. The molecule has 0 radical (unpaired) electrons. The summed E-state index contributed by atoms with van der Waals surface area (Å²) in [6.07, 6.45) is 3.43. The molecule has 0 aliphatic carbocycles. The van der Waals surface area contributed by atoms with E-state index >= 15 is 0 Å². The lowest BCUT2D eigenvalue weighted by Gasteiger charge is -2.30. The minimum absolute atomic E-state index is 0.118. The highest BCUT2D eigenvalue weighted by Crippen LogP contribution is 2.19. The minimum Gasteiger partial charge on any atom is -0.451 e. The Balaban J connectivity index is 2.01. The predicted molar refractivity (Wildman–Crippen MR) is 105 cm³/mol. The van der Waals surface area contributed by atoms with Crippen molar-refractivity contribution in [1.82, 2.24) is 9.47 Å². The fourth-order valence-electron chi connectivity index (χ4n) is 3.35. The predicted octanol–water partition coefficient (Wildman–Crippen LogP) is 2.46. The molecule has 1 amide bonds. The molecule has 7 heteroatoms. The molecule has 0 spiro atoms. The SMILES string of the molecule is COCCn1c(C)cc(/C=C(\C#N)C(=O)OCC(=O)N2CCC(C)CC2)c1C. The van der Waals surface area contributed by atoms with E-state index in [1.165, 1.54) is 6.08 Å². The highest BCUT2D eigenvalue weighted by molar-refractivity contribution is 5.99. The Bertz CT molecular complexity index is 780. The summed E-state index contributed by atoms with van der Waals surface area (Å²) in [6, 6.07) is 3.80. The van der Waals surface area contributed by atoms with E-state index in [0.717, 1.165) is 29.8 Å². The molecule has 2 heterocycles. The smallest absolute Gasteiger partial charge is 0.349 e. The number of aryl methyl sites for hydroxylation is 1. The summed E-state index contributed by atoms with van der Waals surface area (Å²) in [5, 5.41) is 9.37. The summed E-state index contributed by atoms with van der Waals surface area (Å²) in [4.78, 5) is 26.2. The molecular weight excluding hydrogens is 358 g/mol. The Hall–Kier alpha value is -2.59. The Morgan fingerprint density at radius 3 is 2.61 bits per heavy atom. The molecular formula is C21H29N3O4. The Morgan fingerprint density at radius 2 is 2.00 bits per heavy atom. The molecule has 152 valence electrons. The van der Waals surface area contributed by atoms with Crippen molar-refractivity contribution >= 4 is 18.0 Å². The second kappa shape index (κ2) is 10.1. The summed E-state index contributed by atoms with van der Waals surface area (Å²) >= 11 is 0. The number of esters is 1. The maximum atomic E-state index is 12.3. The summed E-state index contributed by atoms with van der Waals surface area (Å²) in [7, 11) is 1.64. The quantitative estimate of drug-likeness (QED) is 0.408. The molecule has 28 heavy (non-hydrogen) atoms. The molecule has 1 aliphatic rings. The van der Waals surface area contributed by atoms with Crippen LogP contribution in [0.3, 0.4) is 0 Å². The number of carbonyl (C=O) groups is 2. The number of nitrogens with zero attached hydrogens (tertiary/aromatic N) is 3. The zero-order valence-corrected chi connectivity index (χ0v) is 17.2. The average molecular weight is 387 g/mol. The monoisotopic (exact) mass is 387 g/mol. The zero-order valence-electron chi connectivity index (χ0n) is 17.2. The van der Waals surface area contributed by atoms with Crippen LogP contribution in [0.15, 0.2) is 11.6 Å². The van der Waals surface area contributed by atoms with Crippen molar-refractivity contribution in [2.24, 2.45) is 5.92 Å². The van der Waals surface area contributed by atoms with Crippen LogP contribution in [0.4, 0.5) is 0 Å². The summed E-state index contributed by atoms with van der Waals surface area (Å²) in [5.74, 6) is -0.374. The van der Waals surface area contributed by atoms with Gasteiger partial charge in [0.15, 0.2) is 6.61 Å². The number of rotatable bonds is 7. The molecule has 7 nitrogen and oxygen atoms in total. The van der Waals surface area contributed by atoms with Gasteiger partial charge in [-0.1, -0.05) is 6.92 Å². The van der Waals surface area contributed by atoms with Crippen LogP contribution < -0.4 is 0 Å². The minimum atomic E-state index is -0.775. The van der Waals surface area contributed by atoms with Crippen LogP contribution in [0.5, 0.6) is 0 Å². The molecule has 1 aromatic rings. The van der Waals surface area contributed by atoms with E-state index in [-0.39, 0.29) is 18.1 Å². The number of hydrogen-bond acceptors (Lipinski definition) is 5. The normalized spacial score (nSPS) is 15.4. The van der Waals surface area contributed by atoms with Crippen LogP contribution in [-0.4, -0.2) is 54.8 Å². The largest absolute Gasteiger partial charge is 0.451 e. The van der Waals surface area contributed by atoms with Crippen molar-refractivity contribution in [1.29, 1.82) is 5.26 Å². The topological polar surface area (TPSA) is 84.6 Å². The average Bonchev–Trinajstić information content (AvgIpc) is 2.95. The first-order valence-electron chi connectivity index (χ1n) is 9.59. The van der Waals surface area contributed by atoms with Crippen molar-refractivity contribution in [2.75, 3.05) is 33.4 Å². The number of piperidine rings is 1. The van der Waals surface area contributed by atoms with E-state index in [9.17, 15) is 14.9 Å². The summed E-state index contributed by atoms with van der Waals surface area (Å²) in [5.41, 5.74) is 2.61. The van der Waals surface area contributed by atoms with Gasteiger partial charge in [0, 0.05) is 38.1 Å². The Labute approximate surface area is 166 Å². The molecule has 0 unspecified atom stereocenters. The van der Waals surface area contributed by atoms with Crippen molar-refractivity contribution < 1.29 is 19.1 Å². The van der Waals surface area contributed by atoms with Gasteiger partial charge in [-0.15, -0.1) is 0 Å². The molecule has 0 N–H and O–H groups in total. The molecule has 1 fully saturated rings. The number of hydrogen-bond donors (Lipinski definition) is 0. The first-order chi connectivity index (χ1) is 13.4. The highest BCUT2D eigenvalue weighted by Gasteiger charge is 2.22. The lowest BCUT2D eigenvalue weighted by molar-refractivity contribution is -0.149. The number of nitriles is 1. The van der Waals surface area contributed by atoms with E-state index in [0.29, 0.717) is 32.2 Å². The molecule has 2 rings (SSSR count). The Kier molecular flexibility index (Phi) is 7.82. The van der Waals surface area contributed by atoms with Crippen LogP contribution >= 0.6 is 0 Å². The molecule has 0 bridgehead atoms. The van der Waals surface area contributed by atoms with Gasteiger partial charge in [0.1, 0.15) is 11.6 Å². The van der Waals surface area contributed by atoms with Gasteiger partial charge < -0.3 is 18.9 Å². The van der Waals surface area contributed by atoms with E-state index in [4.69, 9.17) is 9.47 Å². The second-order valence-corrected chi connectivity index (χ2v) is 7.28. The number of likely N-dealkylation sites (tertiary alicyclic amines) is 1. The maximum Gasteiger partial charge on any atom is 0.349 e. The van der Waals surface area contributed by atoms with Crippen LogP contribution in [0.25, 0.3) is 6.08 Å². The van der Waals surface area contributed by atoms with Gasteiger partial charge in [-0.05, 0) is 50.3 Å². The van der Waals surface area contributed by atoms with Crippen molar-refractivity contribution in [3.05, 3.63) is 28.6 Å². The summed E-state index contributed by atoms with van der Waals surface area (Å²) < 4.78 is 12.3. The van der Waals surface area contributed by atoms with E-state index in [1.54, 1.807) is 12.0 Å². The molecule has 1 aromatic heterocycles. The van der Waals surface area contributed by atoms with Gasteiger partial charge in [-0.25, -0.2) is 4.79 Å². The van der Waals surface area contributed by atoms with Gasteiger partial charge in [0.25, 0.3) is 5.91 Å². The first kappa shape index (κ1) is 21.7. The third-order valence-corrected chi connectivity index (χ3v) is 5.24. The number of ether oxygens (including phenoxy) is 2. The number of methoxy groups -OCH3 is 1. The third kappa shape index (κ3) is 5.46. The zero-order chi connectivity index (χ0) is 20.7. The fraction of sp³-hybridized carbons (Fsp3) is 0.571. The van der Waals surface area contributed by atoms with Crippen molar-refractivity contribution in [3.63, 3.8) is 0 Å². The maximum absolute atomic E-state index is 12.3. The fourth-order valence-corrected chi connectivity index (χ4v) is 3.35. The second-order valence-electron chi connectivity index (χ2n) is 7.28. The van der Waals surface area contributed by atoms with Gasteiger partial charge in [0.05, 0.1) is 6.61 Å². The van der Waals surface area contributed by atoms with Crippen LogP contribution in [-0.2, 0) is 25.6 Å². The standard InChI is InChI=1S/C21H29N3O4/c1-15-5-7-23(8-6-15)20(25)14-28-21(26)19(13-22)12-18-11-16(2)24(17(18)3)9-10-27-4/h11-12,15H,5-10,14H2,1-4H3/b19-12+. The highest BCUT2D eigenvalue weighted by atomic mass is 16.5. The van der Waals surface area contributed by atoms with Crippen LogP contribution in [0, 0.1) is 31.1 Å². The van der Waals surface area contributed by atoms with Gasteiger partial charge in [-0.3, -0.25) is 4.79 Å². The first-order valence-corrected chi connectivity index (χ1v) is 9.59. The molecule has 0 saturated carbocycles. The lowest BCUT2D eigenvalue weighted by Crippen LogP contribution is -2.40. The molecule has 0 atom stereocenters. The number of carbonyl (C=O) groups excluding carboxylic acids is 2. The lowest BCUT2D eigenvalue weighted by atomic mass is 9.99. The van der Waals surface area contributed by atoms with Gasteiger partial charge >= 0.3 is 5.97 Å². The number of aromatic nitrogens is 1. The summed E-state index contributed by atoms with van der Waals surface area (Å²) in [6.45, 7) is 8.36. The Morgan fingerprint density at radius 1 is 1.32 bits per heavy atom. The van der Waals surface area contributed by atoms with Crippen molar-refractivity contribution in [3.8, 4) is 6.07 Å². The van der Waals surface area contributed by atoms with E-state index in [1.807, 2.05) is 26.0 Å². The molecule has 1 saturated heterocycles. The van der Waals surface area contributed by atoms with Crippen LogP contribution in [0.2, 0.25) is 0 Å². The molecule has 0 aromatic carbocycles. The van der Waals surface area contributed by atoms with E-state index in [2.05, 4.69) is 11.5 Å². The van der Waals surface area contributed by atoms with Gasteiger partial charge in [-0.2, -0.15) is 5.26 Å². The number of amides is 1. The van der Waals surface area contributed by atoms with Gasteiger partial charge in [0.2, 0.25) is 0 Å². The molecule has 1 aliphatic heterocycles.